The van der Waals surface area contributed by atoms with Gasteiger partial charge in [-0.1, -0.05) is 6.07 Å². The molecule has 0 aliphatic heterocycles. The molecule has 5 heteroatoms. The fourth-order valence-corrected chi connectivity index (χ4v) is 2.42. The predicted octanol–water partition coefficient (Wildman–Crippen LogP) is 1.67. The number of nitrogens with one attached hydrogen (secondary N) is 2. The molecule has 1 aromatic carbocycles. The summed E-state index contributed by atoms with van der Waals surface area (Å²) in [6, 6.07) is 6.70. The zero-order valence-electron chi connectivity index (χ0n) is 10.0. The molecule has 0 saturated carbocycles. The van der Waals surface area contributed by atoms with Gasteiger partial charge in [0, 0.05) is 24.1 Å². The number of nitrogens with two attached hydrogens (primary N) is 1. The number of nitrogen functional groups attached to an aromatic ring is 1. The van der Waals surface area contributed by atoms with Crippen LogP contribution in [0.2, 0.25) is 0 Å². The van der Waals surface area contributed by atoms with Gasteiger partial charge in [-0.2, -0.15) is 0 Å². The number of nitrogens with zero attached hydrogens (tertiary/aromatic N) is 1. The van der Waals surface area contributed by atoms with E-state index in [1.807, 2.05) is 12.3 Å². The third-order valence-electron chi connectivity index (χ3n) is 3.28. The Hall–Kier alpha value is -1.52. The normalized spacial score (nSPS) is 17.2. The third kappa shape index (κ3) is 2.66. The average molecular weight is 265 g/mol. The lowest BCUT2D eigenvalue weighted by atomic mass is 10.1. The third-order valence-corrected chi connectivity index (χ3v) is 3.28. The Bertz CT molecular complexity index is 510. The van der Waals surface area contributed by atoms with Gasteiger partial charge in [0.25, 0.3) is 0 Å². The van der Waals surface area contributed by atoms with Crippen molar-refractivity contribution in [1.82, 2.24) is 15.3 Å². The number of aromatic nitrogens is 2. The number of hydrogen-bond donors (Lipinski definition) is 3. The second-order valence-electron chi connectivity index (χ2n) is 4.55. The maximum atomic E-state index is 5.79. The number of rotatable bonds is 3. The summed E-state index contributed by atoms with van der Waals surface area (Å²) in [5.74, 6) is 0.987. The number of fused-ring (bicyclic) bond motifs is 1. The summed E-state index contributed by atoms with van der Waals surface area (Å²) in [6.45, 7) is 0.793. The number of halogens is 1. The number of hydrogen-bond acceptors (Lipinski definition) is 3. The summed E-state index contributed by atoms with van der Waals surface area (Å²) in [4.78, 5) is 7.30. The van der Waals surface area contributed by atoms with E-state index in [-0.39, 0.29) is 12.4 Å². The lowest BCUT2D eigenvalue weighted by Gasteiger charge is -2.09. The minimum atomic E-state index is 0. The van der Waals surface area contributed by atoms with Gasteiger partial charge in [-0.3, -0.25) is 0 Å². The number of aromatic amines is 1. The minimum absolute atomic E-state index is 0. The van der Waals surface area contributed by atoms with E-state index in [2.05, 4.69) is 27.4 Å². The molecule has 2 aromatic rings. The van der Waals surface area contributed by atoms with Gasteiger partial charge in [-0.05, 0) is 36.1 Å². The van der Waals surface area contributed by atoms with E-state index in [0.29, 0.717) is 6.04 Å². The highest BCUT2D eigenvalue weighted by molar-refractivity contribution is 5.85. The predicted molar refractivity (Wildman–Crippen MR) is 74.7 cm³/mol. The van der Waals surface area contributed by atoms with Gasteiger partial charge in [0.05, 0.1) is 6.54 Å². The van der Waals surface area contributed by atoms with Crippen LogP contribution in [0.25, 0.3) is 0 Å². The molecule has 1 heterocycles. The van der Waals surface area contributed by atoms with Crippen molar-refractivity contribution >= 4 is 18.1 Å². The van der Waals surface area contributed by atoms with Gasteiger partial charge >= 0.3 is 0 Å². The molecule has 1 aromatic heterocycles. The largest absolute Gasteiger partial charge is 0.399 e. The molecule has 3 rings (SSSR count). The van der Waals surface area contributed by atoms with Crippen LogP contribution in [-0.4, -0.2) is 16.0 Å². The van der Waals surface area contributed by atoms with Gasteiger partial charge in [-0.15, -0.1) is 12.4 Å². The first kappa shape index (κ1) is 12.9. The molecule has 1 aliphatic rings. The number of H-pyrrole nitrogens is 1. The van der Waals surface area contributed by atoms with E-state index in [4.69, 9.17) is 5.73 Å². The van der Waals surface area contributed by atoms with Gasteiger partial charge in [0.2, 0.25) is 0 Å². The lowest BCUT2D eigenvalue weighted by Crippen LogP contribution is -2.29. The molecule has 0 radical (unpaired) electrons. The number of benzene rings is 1. The van der Waals surface area contributed by atoms with Crippen molar-refractivity contribution < 1.29 is 0 Å². The Morgan fingerprint density at radius 2 is 2.17 bits per heavy atom. The molecule has 0 spiro atoms. The molecule has 1 atom stereocenters. The molecule has 18 heavy (non-hydrogen) atoms. The zero-order chi connectivity index (χ0) is 11.7. The van der Waals surface area contributed by atoms with E-state index < -0.39 is 0 Å². The molecular weight excluding hydrogens is 248 g/mol. The Labute approximate surface area is 112 Å². The second kappa shape index (κ2) is 5.42. The summed E-state index contributed by atoms with van der Waals surface area (Å²) in [6.07, 6.45) is 5.76. The summed E-state index contributed by atoms with van der Waals surface area (Å²) < 4.78 is 0. The van der Waals surface area contributed by atoms with E-state index in [0.717, 1.165) is 30.9 Å². The molecule has 4 nitrogen and oxygen atoms in total. The highest BCUT2D eigenvalue weighted by Gasteiger charge is 2.20. The van der Waals surface area contributed by atoms with Crippen molar-refractivity contribution in [2.24, 2.45) is 0 Å². The van der Waals surface area contributed by atoms with E-state index >= 15 is 0 Å². The van der Waals surface area contributed by atoms with Crippen LogP contribution in [0.5, 0.6) is 0 Å². The fourth-order valence-electron chi connectivity index (χ4n) is 2.42. The lowest BCUT2D eigenvalue weighted by molar-refractivity contribution is 0.523. The zero-order valence-corrected chi connectivity index (χ0v) is 10.8. The second-order valence-corrected chi connectivity index (χ2v) is 4.55. The van der Waals surface area contributed by atoms with Crippen LogP contribution in [0, 0.1) is 0 Å². The average Bonchev–Trinajstić information content (AvgIpc) is 2.94. The summed E-state index contributed by atoms with van der Waals surface area (Å²) in [5, 5.41) is 3.52. The SMILES string of the molecule is Cl.Nc1ccc2c(c1)CC(NCc1ncc[nH]1)C2. The van der Waals surface area contributed by atoms with Crippen LogP contribution in [0.3, 0.4) is 0 Å². The molecule has 4 N–H and O–H groups in total. The van der Waals surface area contributed by atoms with Crippen molar-refractivity contribution in [3.8, 4) is 0 Å². The van der Waals surface area contributed by atoms with Gasteiger partial charge in [-0.25, -0.2) is 4.98 Å². The topological polar surface area (TPSA) is 66.7 Å². The highest BCUT2D eigenvalue weighted by Crippen LogP contribution is 2.24. The first-order valence-electron chi connectivity index (χ1n) is 5.90. The standard InChI is InChI=1S/C13H16N4.ClH/c14-11-2-1-9-6-12(7-10(9)5-11)17-8-13-15-3-4-16-13;/h1-5,12,17H,6-8,14H2,(H,15,16);1H. The van der Waals surface area contributed by atoms with Crippen molar-refractivity contribution in [2.75, 3.05) is 5.73 Å². The van der Waals surface area contributed by atoms with E-state index in [1.165, 1.54) is 11.1 Å². The first-order chi connectivity index (χ1) is 8.31. The molecule has 96 valence electrons. The number of imidazole rings is 1. The van der Waals surface area contributed by atoms with E-state index in [1.54, 1.807) is 6.20 Å². The molecular formula is C13H17ClN4. The molecule has 0 saturated heterocycles. The molecule has 1 unspecified atom stereocenters. The van der Waals surface area contributed by atoms with Crippen LogP contribution in [0.15, 0.2) is 30.6 Å². The van der Waals surface area contributed by atoms with Crippen LogP contribution in [-0.2, 0) is 19.4 Å². The number of anilines is 1. The summed E-state index contributed by atoms with van der Waals surface area (Å²) in [7, 11) is 0. The van der Waals surface area contributed by atoms with Crippen molar-refractivity contribution in [1.29, 1.82) is 0 Å². The fraction of sp³-hybridized carbons (Fsp3) is 0.308. The molecule has 0 bridgehead atoms. The first-order valence-corrected chi connectivity index (χ1v) is 5.90. The maximum absolute atomic E-state index is 5.79. The maximum Gasteiger partial charge on any atom is 0.120 e. The highest BCUT2D eigenvalue weighted by atomic mass is 35.5. The summed E-state index contributed by atoms with van der Waals surface area (Å²) >= 11 is 0. The van der Waals surface area contributed by atoms with Gasteiger partial charge in [0.15, 0.2) is 0 Å². The Kier molecular flexibility index (Phi) is 3.89. The Morgan fingerprint density at radius 1 is 1.33 bits per heavy atom. The smallest absolute Gasteiger partial charge is 0.120 e. The molecule has 0 fully saturated rings. The Morgan fingerprint density at radius 3 is 2.94 bits per heavy atom. The quantitative estimate of drug-likeness (QED) is 0.739. The van der Waals surface area contributed by atoms with Gasteiger partial charge < -0.3 is 16.0 Å². The van der Waals surface area contributed by atoms with Gasteiger partial charge in [0.1, 0.15) is 5.82 Å². The monoisotopic (exact) mass is 264 g/mol. The van der Waals surface area contributed by atoms with Crippen LogP contribution < -0.4 is 11.1 Å². The van der Waals surface area contributed by atoms with E-state index in [9.17, 15) is 0 Å². The van der Waals surface area contributed by atoms with Crippen molar-refractivity contribution in [3.63, 3.8) is 0 Å². The van der Waals surface area contributed by atoms with Crippen LogP contribution >= 0.6 is 12.4 Å². The summed E-state index contributed by atoms with van der Waals surface area (Å²) in [5.41, 5.74) is 9.44. The van der Waals surface area contributed by atoms with Crippen molar-refractivity contribution in [2.45, 2.75) is 25.4 Å². The van der Waals surface area contributed by atoms with Crippen LogP contribution in [0.4, 0.5) is 5.69 Å². The molecule has 0 amide bonds. The minimum Gasteiger partial charge on any atom is -0.399 e. The van der Waals surface area contributed by atoms with Crippen LogP contribution in [0.1, 0.15) is 17.0 Å². The Balaban J connectivity index is 0.00000120. The van der Waals surface area contributed by atoms with Crippen molar-refractivity contribution in [3.05, 3.63) is 47.5 Å². The molecule has 1 aliphatic carbocycles.